The topological polar surface area (TPSA) is 146 Å². The number of aryl methyl sites for hydroxylation is 1. The largest absolute Gasteiger partial charge is 0.497 e. The fraction of sp³-hybridized carbons (Fsp3) is 0.182. The number of ether oxygens (including phenoxy) is 1. The van der Waals surface area contributed by atoms with E-state index in [-0.39, 0.29) is 17.3 Å². The Kier molecular flexibility index (Phi) is 6.87. The van der Waals surface area contributed by atoms with Crippen molar-refractivity contribution in [3.05, 3.63) is 71.0 Å². The lowest BCUT2D eigenvalue weighted by Gasteiger charge is -2.07. The van der Waals surface area contributed by atoms with Crippen molar-refractivity contribution < 1.29 is 14.2 Å². The van der Waals surface area contributed by atoms with E-state index in [9.17, 15) is 4.79 Å². The van der Waals surface area contributed by atoms with Crippen molar-refractivity contribution in [1.29, 1.82) is 0 Å². The van der Waals surface area contributed by atoms with Gasteiger partial charge in [-0.15, -0.1) is 16.9 Å². The van der Waals surface area contributed by atoms with E-state index in [2.05, 4.69) is 31.2 Å². The molecule has 4 rings (SSSR count). The number of amides is 1. The highest BCUT2D eigenvalue weighted by Gasteiger charge is 2.24. The lowest BCUT2D eigenvalue weighted by molar-refractivity contribution is 0.0949. The fourth-order valence-electron chi connectivity index (χ4n) is 2.99. The number of anilines is 1. The second-order valence-corrected chi connectivity index (χ2v) is 8.29. The summed E-state index contributed by atoms with van der Waals surface area (Å²) in [6.07, 6.45) is 0. The van der Waals surface area contributed by atoms with Crippen LogP contribution in [-0.4, -0.2) is 44.0 Å². The molecule has 0 fully saturated rings. The normalized spacial score (nSPS) is 11.4. The summed E-state index contributed by atoms with van der Waals surface area (Å²) in [6, 6.07) is 15.4. The predicted octanol–water partition coefficient (Wildman–Crippen LogP) is 3.00. The molecule has 3 N–H and O–H groups in total. The number of aromatic nitrogens is 5. The first-order chi connectivity index (χ1) is 16.5. The molecule has 1 amide bonds. The molecule has 0 unspecified atom stereocenters. The number of thioether (sulfide) groups is 1. The zero-order valence-corrected chi connectivity index (χ0v) is 19.5. The van der Waals surface area contributed by atoms with E-state index in [1.54, 1.807) is 14.0 Å². The van der Waals surface area contributed by atoms with Crippen molar-refractivity contribution in [2.24, 2.45) is 5.10 Å². The SMILES string of the molecule is COc1ccc(/C(C)=N\NC(=O)c2nnn(-c3nonc3N)c2CSc2ccc(C)cc2)cc1. The van der Waals surface area contributed by atoms with Crippen LogP contribution in [0.3, 0.4) is 0 Å². The molecule has 0 spiro atoms. The van der Waals surface area contributed by atoms with Gasteiger partial charge in [-0.3, -0.25) is 4.79 Å². The molecule has 2 aromatic heterocycles. The highest BCUT2D eigenvalue weighted by Crippen LogP contribution is 2.26. The molecule has 12 heteroatoms. The van der Waals surface area contributed by atoms with Crippen LogP contribution in [0.4, 0.5) is 5.82 Å². The van der Waals surface area contributed by atoms with Gasteiger partial charge in [-0.05, 0) is 66.1 Å². The van der Waals surface area contributed by atoms with Gasteiger partial charge < -0.3 is 10.5 Å². The van der Waals surface area contributed by atoms with E-state index in [0.29, 0.717) is 17.2 Å². The van der Waals surface area contributed by atoms with Gasteiger partial charge in [0, 0.05) is 10.6 Å². The van der Waals surface area contributed by atoms with Crippen molar-refractivity contribution in [1.82, 2.24) is 30.7 Å². The van der Waals surface area contributed by atoms with Gasteiger partial charge in [0.2, 0.25) is 11.6 Å². The Morgan fingerprint density at radius 1 is 1.18 bits per heavy atom. The zero-order chi connectivity index (χ0) is 24.1. The van der Waals surface area contributed by atoms with Gasteiger partial charge in [0.1, 0.15) is 5.75 Å². The number of methoxy groups -OCH3 is 1. The minimum absolute atomic E-state index is 0.0341. The summed E-state index contributed by atoms with van der Waals surface area (Å²) in [7, 11) is 1.60. The van der Waals surface area contributed by atoms with Crippen molar-refractivity contribution in [2.45, 2.75) is 24.5 Å². The van der Waals surface area contributed by atoms with Gasteiger partial charge in [-0.1, -0.05) is 22.9 Å². The van der Waals surface area contributed by atoms with E-state index in [4.69, 9.17) is 15.1 Å². The molecule has 4 aromatic rings. The number of carbonyl (C=O) groups excluding carboxylic acids is 1. The van der Waals surface area contributed by atoms with Gasteiger partial charge in [0.05, 0.1) is 18.5 Å². The standard InChI is InChI=1S/C22H22N8O3S/c1-13-4-10-17(11-5-13)34-12-18-19(25-29-30(18)21-20(23)27-33-28-21)22(31)26-24-14(2)15-6-8-16(32-3)9-7-15/h4-11H,12H2,1-3H3,(H2,23,27)(H,26,31)/b24-14-. The second-order valence-electron chi connectivity index (χ2n) is 7.24. The third kappa shape index (κ3) is 5.07. The first kappa shape index (κ1) is 23.0. The summed E-state index contributed by atoms with van der Waals surface area (Å²) in [5, 5.41) is 19.7. The molecule has 0 radical (unpaired) electrons. The van der Waals surface area contributed by atoms with E-state index in [0.717, 1.165) is 21.8 Å². The van der Waals surface area contributed by atoms with Crippen LogP contribution in [0.1, 0.15) is 34.2 Å². The average Bonchev–Trinajstić information content (AvgIpc) is 3.47. The van der Waals surface area contributed by atoms with Gasteiger partial charge in [-0.2, -0.15) is 9.78 Å². The summed E-state index contributed by atoms with van der Waals surface area (Å²) in [6.45, 7) is 3.81. The third-order valence-corrected chi connectivity index (χ3v) is 5.93. The van der Waals surface area contributed by atoms with Gasteiger partial charge >= 0.3 is 0 Å². The lowest BCUT2D eigenvalue weighted by Crippen LogP contribution is -2.21. The summed E-state index contributed by atoms with van der Waals surface area (Å²) in [5.74, 6) is 0.769. The van der Waals surface area contributed by atoms with Crippen molar-refractivity contribution in [3.8, 4) is 11.6 Å². The number of nitrogens with zero attached hydrogens (tertiary/aromatic N) is 6. The molecule has 2 aromatic carbocycles. The molecule has 0 aliphatic carbocycles. The zero-order valence-electron chi connectivity index (χ0n) is 18.7. The first-order valence-corrected chi connectivity index (χ1v) is 11.2. The third-order valence-electron chi connectivity index (χ3n) is 4.90. The van der Waals surface area contributed by atoms with Crippen LogP contribution >= 0.6 is 11.8 Å². The van der Waals surface area contributed by atoms with E-state index in [1.807, 2.05) is 55.5 Å². The number of hydrazone groups is 1. The Balaban J connectivity index is 1.58. The highest BCUT2D eigenvalue weighted by molar-refractivity contribution is 7.98. The summed E-state index contributed by atoms with van der Waals surface area (Å²) < 4.78 is 11.2. The van der Waals surface area contributed by atoms with Crippen molar-refractivity contribution >= 4 is 29.2 Å². The number of benzene rings is 2. The molecule has 0 atom stereocenters. The number of hydrogen-bond donors (Lipinski definition) is 2. The quantitative estimate of drug-likeness (QED) is 0.222. The van der Waals surface area contributed by atoms with Crippen LogP contribution in [0.5, 0.6) is 5.75 Å². The van der Waals surface area contributed by atoms with Crippen molar-refractivity contribution in [2.75, 3.05) is 12.8 Å². The van der Waals surface area contributed by atoms with Crippen LogP contribution in [-0.2, 0) is 5.75 Å². The lowest BCUT2D eigenvalue weighted by atomic mass is 10.1. The summed E-state index contributed by atoms with van der Waals surface area (Å²) >= 11 is 1.51. The van der Waals surface area contributed by atoms with Crippen LogP contribution in [0, 0.1) is 6.92 Å². The highest BCUT2D eigenvalue weighted by atomic mass is 32.2. The Labute approximate surface area is 199 Å². The minimum atomic E-state index is -0.520. The number of nitrogens with one attached hydrogen (secondary N) is 1. The Bertz CT molecular complexity index is 1310. The molecule has 0 aliphatic rings. The van der Waals surface area contributed by atoms with Gasteiger partial charge in [0.15, 0.2) is 5.69 Å². The molecule has 0 aliphatic heterocycles. The second kappa shape index (κ2) is 10.2. The Hall–Kier alpha value is -4.19. The summed E-state index contributed by atoms with van der Waals surface area (Å²) in [5.41, 5.74) is 11.6. The Morgan fingerprint density at radius 3 is 2.56 bits per heavy atom. The molecule has 0 saturated carbocycles. The molecular formula is C22H22N8O3S. The summed E-state index contributed by atoms with van der Waals surface area (Å²) in [4.78, 5) is 14.0. The number of hydrogen-bond acceptors (Lipinski definition) is 10. The van der Waals surface area contributed by atoms with Gasteiger partial charge in [-0.25, -0.2) is 10.1 Å². The first-order valence-electron chi connectivity index (χ1n) is 10.2. The predicted molar refractivity (Wildman–Crippen MR) is 127 cm³/mol. The molecule has 2 heterocycles. The molecule has 0 saturated heterocycles. The van der Waals surface area contributed by atoms with Crippen LogP contribution in [0.15, 0.2) is 63.2 Å². The van der Waals surface area contributed by atoms with E-state index in [1.165, 1.54) is 16.4 Å². The van der Waals surface area contributed by atoms with E-state index < -0.39 is 5.91 Å². The molecular weight excluding hydrogens is 456 g/mol. The molecule has 11 nitrogen and oxygen atoms in total. The van der Waals surface area contributed by atoms with Crippen LogP contribution < -0.4 is 15.9 Å². The van der Waals surface area contributed by atoms with Crippen LogP contribution in [0.2, 0.25) is 0 Å². The molecule has 34 heavy (non-hydrogen) atoms. The fourth-order valence-corrected chi connectivity index (χ4v) is 3.88. The van der Waals surface area contributed by atoms with Crippen LogP contribution in [0.25, 0.3) is 5.82 Å². The van der Waals surface area contributed by atoms with Gasteiger partial charge in [0.25, 0.3) is 5.91 Å². The average molecular weight is 479 g/mol. The number of rotatable bonds is 8. The number of nitrogens with two attached hydrogens (primary N) is 1. The van der Waals surface area contributed by atoms with E-state index >= 15 is 0 Å². The number of nitrogen functional groups attached to an aromatic ring is 1. The molecule has 174 valence electrons. The maximum Gasteiger partial charge on any atom is 0.293 e. The minimum Gasteiger partial charge on any atom is -0.497 e. The maximum atomic E-state index is 13.0. The maximum absolute atomic E-state index is 13.0. The Morgan fingerprint density at radius 2 is 1.91 bits per heavy atom. The smallest absolute Gasteiger partial charge is 0.293 e. The monoisotopic (exact) mass is 478 g/mol. The number of carbonyl (C=O) groups is 1. The molecule has 0 bridgehead atoms. The van der Waals surface area contributed by atoms with Crippen molar-refractivity contribution in [3.63, 3.8) is 0 Å².